The molecule has 5 rings (SSSR count). The number of carbonyl (C=O) groups is 3. The summed E-state index contributed by atoms with van der Waals surface area (Å²) < 4.78 is 16.6. The Kier molecular flexibility index (Phi) is 22.3. The standard InChI is InChI=1S/C34H52ClNO.C6H10BFN.C6H10O4.C4H8O.C2H6/c1-10-23-13-15-33(7)27-12-11-24-25(31(27,5)17-18-32(23,33)6)14-16-34(30(36(8)9)26(35)20-37)19-22(4)28(21(2)3)29(24)34;1-7-4-2-3-6(8)5-9;1-6(2,5(9)10)3-4(7)8;1-4(2)5-3;1-2/h20-21,23-25,27H,4,10-19H2,1-3,5-9H3;2-3,5H,4,9H2,1H3;3H2,1-2H3,(H,7,8)(H,9,10);1H2,2-3H3;1-2H3/b30-26+;3-2-,6-5+;;;. The van der Waals surface area contributed by atoms with Gasteiger partial charge in [0.25, 0.3) is 0 Å². The van der Waals surface area contributed by atoms with Crippen LogP contribution in [-0.4, -0.2) is 61.8 Å². The lowest BCUT2D eigenvalue weighted by atomic mass is 9.37. The van der Waals surface area contributed by atoms with Crippen LogP contribution in [-0.2, 0) is 19.1 Å². The van der Waals surface area contributed by atoms with Crippen molar-refractivity contribution in [3.8, 4) is 0 Å². The SMILES string of the molecule is C=C(C)OC.C=C1CC2(/C(=C(\Cl)C=O)N(C)C)CCC3C(CCC4C3(C)CCC3(C)C(CC)CCC43C)C2=C1C(C)C.CC.CC(C)(CC(=O)O)C(=O)O.C[B]C/C=C\C(F)=C/N. The topological polar surface area (TPSA) is 130 Å². The number of carboxylic acid groups (broad SMARTS) is 2. The molecule has 357 valence electrons. The van der Waals surface area contributed by atoms with E-state index in [1.807, 2.05) is 28.0 Å². The van der Waals surface area contributed by atoms with Crippen molar-refractivity contribution in [3.63, 3.8) is 0 Å². The highest BCUT2D eigenvalue weighted by atomic mass is 35.5. The maximum atomic E-state index is 12.1. The predicted octanol–water partition coefficient (Wildman–Crippen LogP) is 13.4. The minimum Gasteiger partial charge on any atom is -0.502 e. The Morgan fingerprint density at radius 3 is 2.08 bits per heavy atom. The maximum Gasteiger partial charge on any atom is 0.309 e. The highest BCUT2D eigenvalue weighted by Gasteiger charge is 2.68. The normalized spacial score (nSPS) is 31.0. The number of allylic oxidation sites excluding steroid dienone is 8. The smallest absolute Gasteiger partial charge is 0.309 e. The number of methoxy groups -OCH3 is 1. The monoisotopic (exact) mass is 900 g/mol. The van der Waals surface area contributed by atoms with E-state index in [0.717, 1.165) is 60.9 Å². The average molecular weight is 901 g/mol. The van der Waals surface area contributed by atoms with Crippen LogP contribution >= 0.6 is 11.6 Å². The maximum absolute atomic E-state index is 12.1. The van der Waals surface area contributed by atoms with Crippen LogP contribution in [0.1, 0.15) is 147 Å². The third-order valence-corrected chi connectivity index (χ3v) is 15.9. The van der Waals surface area contributed by atoms with E-state index in [1.165, 1.54) is 82.4 Å². The predicted molar refractivity (Wildman–Crippen MR) is 262 cm³/mol. The van der Waals surface area contributed by atoms with Crippen molar-refractivity contribution < 1.29 is 33.7 Å². The Labute approximate surface area is 388 Å². The molecule has 63 heavy (non-hydrogen) atoms. The summed E-state index contributed by atoms with van der Waals surface area (Å²) in [6.45, 7) is 33.8. The van der Waals surface area contributed by atoms with Crippen molar-refractivity contribution in [3.05, 3.63) is 70.5 Å². The van der Waals surface area contributed by atoms with Gasteiger partial charge in [-0.1, -0.05) is 117 Å². The number of ether oxygens (including phenoxy) is 1. The highest BCUT2D eigenvalue weighted by Crippen LogP contribution is 2.76. The summed E-state index contributed by atoms with van der Waals surface area (Å²) in [5.41, 5.74) is 10.3. The first-order valence-electron chi connectivity index (χ1n) is 23.4. The van der Waals surface area contributed by atoms with E-state index in [1.54, 1.807) is 25.7 Å². The molecule has 8 unspecified atom stereocenters. The Morgan fingerprint density at radius 1 is 1.06 bits per heavy atom. The molecule has 5 aliphatic carbocycles. The molecule has 0 spiro atoms. The van der Waals surface area contributed by atoms with E-state index in [0.29, 0.717) is 33.1 Å². The van der Waals surface area contributed by atoms with Gasteiger partial charge in [-0.3, -0.25) is 14.4 Å². The molecule has 5 aliphatic rings. The number of halogens is 2. The molecular weight excluding hydrogens is 814 g/mol. The minimum absolute atomic E-state index is 0.170. The summed E-state index contributed by atoms with van der Waals surface area (Å²) in [7, 11) is 7.67. The third-order valence-electron chi connectivity index (χ3n) is 15.6. The van der Waals surface area contributed by atoms with Crippen LogP contribution in [0, 0.1) is 56.7 Å². The summed E-state index contributed by atoms with van der Waals surface area (Å²) in [5.74, 6) is 1.64. The van der Waals surface area contributed by atoms with Gasteiger partial charge in [-0.25, -0.2) is 4.39 Å². The quantitative estimate of drug-likeness (QED) is 0.0580. The summed E-state index contributed by atoms with van der Waals surface area (Å²) in [4.78, 5) is 34.6. The van der Waals surface area contributed by atoms with Gasteiger partial charge < -0.3 is 25.6 Å². The second-order valence-corrected chi connectivity index (χ2v) is 20.6. The second kappa shape index (κ2) is 24.3. The average Bonchev–Trinajstić information content (AvgIpc) is 3.67. The summed E-state index contributed by atoms with van der Waals surface area (Å²) in [6.07, 6.45) is 18.1. The van der Waals surface area contributed by atoms with Crippen molar-refractivity contribution in [2.24, 2.45) is 62.4 Å². The molecule has 0 amide bonds. The fraction of sp³-hybridized carbons (Fsp3) is 0.712. The van der Waals surface area contributed by atoms with Gasteiger partial charge in [0.2, 0.25) is 0 Å². The van der Waals surface area contributed by atoms with Gasteiger partial charge in [0.1, 0.15) is 18.1 Å². The van der Waals surface area contributed by atoms with Crippen LogP contribution in [0.3, 0.4) is 0 Å². The Hall–Kier alpha value is -3.27. The summed E-state index contributed by atoms with van der Waals surface area (Å²) >= 11 is 6.75. The number of fused-ring (bicyclic) bond motifs is 7. The number of aliphatic carboxylic acids is 2. The number of carbonyl (C=O) groups excluding carboxylic acids is 1. The number of carboxylic acids is 2. The van der Waals surface area contributed by atoms with Crippen molar-refractivity contribution in [2.75, 3.05) is 21.2 Å². The van der Waals surface area contributed by atoms with E-state index in [9.17, 15) is 18.8 Å². The van der Waals surface area contributed by atoms with Gasteiger partial charge >= 0.3 is 11.9 Å². The number of nitrogens with two attached hydrogens (primary N) is 1. The first-order chi connectivity index (χ1) is 29.3. The molecule has 0 bridgehead atoms. The van der Waals surface area contributed by atoms with Crippen molar-refractivity contribution in [2.45, 2.75) is 160 Å². The fourth-order valence-electron chi connectivity index (χ4n) is 12.7. The molecule has 8 atom stereocenters. The van der Waals surface area contributed by atoms with Gasteiger partial charge in [0.15, 0.2) is 6.29 Å². The zero-order valence-corrected chi connectivity index (χ0v) is 42.7. The summed E-state index contributed by atoms with van der Waals surface area (Å²) in [6, 6.07) is 0. The number of rotatable bonds is 12. The Balaban J connectivity index is 0.000000624. The van der Waals surface area contributed by atoms with E-state index < -0.39 is 23.2 Å². The van der Waals surface area contributed by atoms with Gasteiger partial charge in [-0.2, -0.15) is 0 Å². The first kappa shape index (κ1) is 57.8. The van der Waals surface area contributed by atoms with Gasteiger partial charge in [0.05, 0.1) is 24.7 Å². The van der Waals surface area contributed by atoms with Crippen LogP contribution in [0.25, 0.3) is 0 Å². The van der Waals surface area contributed by atoms with E-state index in [2.05, 4.69) is 78.4 Å². The van der Waals surface area contributed by atoms with Crippen LogP contribution in [0.2, 0.25) is 13.1 Å². The molecule has 1 radical (unpaired) electrons. The van der Waals surface area contributed by atoms with Crippen molar-refractivity contribution >= 4 is 37.1 Å². The zero-order valence-electron chi connectivity index (χ0n) is 42.0. The number of aldehydes is 1. The highest BCUT2D eigenvalue weighted by molar-refractivity contribution is 6.39. The summed E-state index contributed by atoms with van der Waals surface area (Å²) in [5, 5.41) is 17.0. The zero-order chi connectivity index (χ0) is 48.9. The minimum atomic E-state index is -1.16. The molecule has 0 aromatic carbocycles. The van der Waals surface area contributed by atoms with E-state index >= 15 is 0 Å². The molecule has 4 fully saturated rings. The second-order valence-electron chi connectivity index (χ2n) is 20.2. The molecule has 0 heterocycles. The third kappa shape index (κ3) is 12.6. The lowest BCUT2D eigenvalue weighted by Crippen LogP contribution is -2.60. The number of hydrogen-bond donors (Lipinski definition) is 3. The van der Waals surface area contributed by atoms with Crippen LogP contribution in [0.5, 0.6) is 0 Å². The number of nitrogens with zero attached hydrogens (tertiary/aromatic N) is 1. The molecule has 11 heteroatoms. The molecule has 0 aliphatic heterocycles. The van der Waals surface area contributed by atoms with Crippen LogP contribution in [0.4, 0.5) is 4.39 Å². The fourth-order valence-corrected chi connectivity index (χ4v) is 13.0. The molecular formula is C52H86BClFN2O6. The number of hydrogen-bond acceptors (Lipinski definition) is 6. The van der Waals surface area contributed by atoms with E-state index in [-0.39, 0.29) is 11.8 Å². The first-order valence-corrected chi connectivity index (χ1v) is 23.8. The molecule has 4 saturated carbocycles. The largest absolute Gasteiger partial charge is 0.502 e. The van der Waals surface area contributed by atoms with Gasteiger partial charge in [0, 0.05) is 31.4 Å². The lowest BCUT2D eigenvalue weighted by Gasteiger charge is -2.67. The molecule has 4 N–H and O–H groups in total. The van der Waals surface area contributed by atoms with Crippen LogP contribution in [0.15, 0.2) is 70.5 Å². The Morgan fingerprint density at radius 2 is 1.65 bits per heavy atom. The van der Waals surface area contributed by atoms with Gasteiger partial charge in [-0.15, -0.1) is 0 Å². The molecule has 8 nitrogen and oxygen atoms in total. The molecule has 0 aromatic heterocycles. The van der Waals surface area contributed by atoms with E-state index in [4.69, 9.17) is 27.5 Å². The molecule has 0 saturated heterocycles. The molecule has 0 aromatic rings. The Bertz CT molecular complexity index is 1740. The van der Waals surface area contributed by atoms with Crippen molar-refractivity contribution in [1.82, 2.24) is 4.90 Å². The lowest BCUT2D eigenvalue weighted by molar-refractivity contribution is -0.167. The van der Waals surface area contributed by atoms with Crippen molar-refractivity contribution in [1.29, 1.82) is 0 Å². The van der Waals surface area contributed by atoms with Gasteiger partial charge in [-0.05, 0) is 136 Å². The van der Waals surface area contributed by atoms with Crippen LogP contribution < -0.4 is 5.73 Å².